The molecule has 0 fully saturated rings. The van der Waals surface area contributed by atoms with Crippen LogP contribution in [0.1, 0.15) is 12.6 Å². The van der Waals surface area contributed by atoms with Crippen molar-refractivity contribution in [2.45, 2.75) is 18.8 Å². The van der Waals surface area contributed by atoms with Gasteiger partial charge >= 0.3 is 0 Å². The summed E-state index contributed by atoms with van der Waals surface area (Å²) in [5.74, 6) is 0.319. The third-order valence-electron chi connectivity index (χ3n) is 2.38. The van der Waals surface area contributed by atoms with E-state index in [2.05, 4.69) is 10.3 Å². The molecule has 0 aliphatic carbocycles. The van der Waals surface area contributed by atoms with Crippen molar-refractivity contribution in [3.05, 3.63) is 42.3 Å². The first-order valence-corrected chi connectivity index (χ1v) is 6.02. The number of alkyl halides is 1. The summed E-state index contributed by atoms with van der Waals surface area (Å²) in [6.45, 7) is 1.93. The molecule has 2 rings (SSSR count). The Morgan fingerprint density at radius 1 is 1.44 bits per heavy atom. The van der Waals surface area contributed by atoms with Crippen molar-refractivity contribution < 1.29 is 9.21 Å². The summed E-state index contributed by atoms with van der Waals surface area (Å²) in [6, 6.07) is 9.58. The summed E-state index contributed by atoms with van der Waals surface area (Å²) in [4.78, 5) is 15.6. The second kappa shape index (κ2) is 5.69. The first-order chi connectivity index (χ1) is 8.66. The maximum absolute atomic E-state index is 11.3. The first-order valence-electron chi connectivity index (χ1n) is 5.58. The highest BCUT2D eigenvalue weighted by Crippen LogP contribution is 2.17. The van der Waals surface area contributed by atoms with Crippen molar-refractivity contribution in [3.8, 4) is 11.5 Å². The lowest BCUT2D eigenvalue weighted by Crippen LogP contribution is -2.29. The Hall–Kier alpha value is -1.81. The smallest absolute Gasteiger partial charge is 0.238 e. The summed E-state index contributed by atoms with van der Waals surface area (Å²) in [5.41, 5.74) is 1.57. The van der Waals surface area contributed by atoms with E-state index in [0.717, 1.165) is 5.56 Å². The van der Waals surface area contributed by atoms with Gasteiger partial charge in [0.25, 0.3) is 0 Å². The second-order valence-corrected chi connectivity index (χ2v) is 4.50. The number of carbonyl (C=O) groups excluding carboxylic acids is 1. The molecular formula is C13H13ClN2O2. The molecule has 4 nitrogen and oxygen atoms in total. The number of oxazole rings is 1. The summed E-state index contributed by atoms with van der Waals surface area (Å²) >= 11 is 5.64. The third-order valence-corrected chi connectivity index (χ3v) is 2.58. The zero-order valence-corrected chi connectivity index (χ0v) is 10.6. The van der Waals surface area contributed by atoms with Gasteiger partial charge in [-0.2, -0.15) is 0 Å². The highest BCUT2D eigenvalue weighted by molar-refractivity contribution is 6.30. The van der Waals surface area contributed by atoms with Crippen molar-refractivity contribution in [3.63, 3.8) is 0 Å². The Balaban J connectivity index is 2.01. The number of amides is 1. The Morgan fingerprint density at radius 3 is 2.83 bits per heavy atom. The number of hydrogen-bond donors (Lipinski definition) is 1. The van der Waals surface area contributed by atoms with Crippen LogP contribution in [0.3, 0.4) is 0 Å². The number of nitrogens with one attached hydrogen (secondary N) is 1. The van der Waals surface area contributed by atoms with E-state index in [9.17, 15) is 4.79 Å². The van der Waals surface area contributed by atoms with Crippen molar-refractivity contribution in [1.82, 2.24) is 10.3 Å². The largest absolute Gasteiger partial charge is 0.444 e. The Morgan fingerprint density at radius 2 is 2.17 bits per heavy atom. The lowest BCUT2D eigenvalue weighted by atomic mass is 10.2. The second-order valence-electron chi connectivity index (χ2n) is 3.84. The molecule has 0 saturated heterocycles. The van der Waals surface area contributed by atoms with Gasteiger partial charge in [-0.25, -0.2) is 4.98 Å². The number of benzene rings is 1. The lowest BCUT2D eigenvalue weighted by molar-refractivity contribution is -0.120. The number of aromatic nitrogens is 1. The fourth-order valence-corrected chi connectivity index (χ4v) is 1.50. The molecule has 0 spiro atoms. The van der Waals surface area contributed by atoms with Crippen LogP contribution in [0, 0.1) is 0 Å². The summed E-state index contributed by atoms with van der Waals surface area (Å²) in [5, 5.41) is 2.12. The molecule has 94 valence electrons. The van der Waals surface area contributed by atoms with Gasteiger partial charge in [0.15, 0.2) is 0 Å². The van der Waals surface area contributed by atoms with E-state index in [1.54, 1.807) is 6.92 Å². The van der Waals surface area contributed by atoms with Crippen LogP contribution in [0.25, 0.3) is 11.5 Å². The average Bonchev–Trinajstić information content (AvgIpc) is 2.85. The molecule has 0 aliphatic heterocycles. The molecule has 18 heavy (non-hydrogen) atoms. The topological polar surface area (TPSA) is 55.1 Å². The number of halogens is 1. The lowest BCUT2D eigenvalue weighted by Gasteiger charge is -2.03. The maximum atomic E-state index is 11.3. The summed E-state index contributed by atoms with van der Waals surface area (Å²) in [6.07, 6.45) is 1.53. The highest BCUT2D eigenvalue weighted by atomic mass is 35.5. The molecule has 5 heteroatoms. The zero-order valence-electron chi connectivity index (χ0n) is 9.89. The van der Waals surface area contributed by atoms with Gasteiger partial charge in [0.2, 0.25) is 11.8 Å². The van der Waals surface area contributed by atoms with Crippen molar-refractivity contribution in [2.75, 3.05) is 0 Å². The molecule has 1 atom stereocenters. The van der Waals surface area contributed by atoms with Gasteiger partial charge in [-0.3, -0.25) is 4.79 Å². The van der Waals surface area contributed by atoms with Crippen LogP contribution >= 0.6 is 11.6 Å². The van der Waals surface area contributed by atoms with Crippen LogP contribution in [0.4, 0.5) is 0 Å². The van der Waals surface area contributed by atoms with E-state index < -0.39 is 5.38 Å². The molecule has 0 aliphatic rings. The van der Waals surface area contributed by atoms with Gasteiger partial charge in [0, 0.05) is 5.56 Å². The van der Waals surface area contributed by atoms with Crippen molar-refractivity contribution in [2.24, 2.45) is 0 Å². The third kappa shape index (κ3) is 3.11. The van der Waals surface area contributed by atoms with Crippen molar-refractivity contribution in [1.29, 1.82) is 0 Å². The number of rotatable bonds is 4. The molecule has 0 radical (unpaired) electrons. The highest BCUT2D eigenvalue weighted by Gasteiger charge is 2.10. The van der Waals surface area contributed by atoms with Gasteiger partial charge in [0.05, 0.1) is 12.2 Å². The number of carbonyl (C=O) groups is 1. The normalized spacial score (nSPS) is 12.1. The maximum Gasteiger partial charge on any atom is 0.238 e. The Kier molecular flexibility index (Phi) is 3.99. The summed E-state index contributed by atoms with van der Waals surface area (Å²) < 4.78 is 5.35. The molecule has 2 aromatic rings. The standard InChI is InChI=1S/C13H13ClN2O2/c1-9(14)12(17)15-7-11-8-18-13(16-11)10-5-3-2-4-6-10/h2-6,8-9H,7H2,1H3,(H,15,17). The molecule has 1 aromatic heterocycles. The van der Waals surface area contributed by atoms with Crippen LogP contribution < -0.4 is 5.32 Å². The monoisotopic (exact) mass is 264 g/mol. The van der Waals surface area contributed by atoms with E-state index in [1.807, 2.05) is 30.3 Å². The SMILES string of the molecule is CC(Cl)C(=O)NCc1coc(-c2ccccc2)n1. The quantitative estimate of drug-likeness (QED) is 0.864. The van der Waals surface area contributed by atoms with Crippen LogP contribution in [0.2, 0.25) is 0 Å². The van der Waals surface area contributed by atoms with E-state index in [-0.39, 0.29) is 5.91 Å². The summed E-state index contributed by atoms with van der Waals surface area (Å²) in [7, 11) is 0. The average molecular weight is 265 g/mol. The predicted molar refractivity (Wildman–Crippen MR) is 69.1 cm³/mol. The van der Waals surface area contributed by atoms with Gasteiger partial charge in [-0.05, 0) is 19.1 Å². The molecule has 0 saturated carbocycles. The fourth-order valence-electron chi connectivity index (χ4n) is 1.42. The molecule has 1 amide bonds. The van der Waals surface area contributed by atoms with Gasteiger partial charge in [-0.1, -0.05) is 18.2 Å². The number of nitrogens with zero attached hydrogens (tertiary/aromatic N) is 1. The van der Waals surface area contributed by atoms with E-state index in [4.69, 9.17) is 16.0 Å². The molecule has 1 unspecified atom stereocenters. The van der Waals surface area contributed by atoms with Gasteiger partial charge in [0.1, 0.15) is 11.6 Å². The Labute approximate surface area is 110 Å². The van der Waals surface area contributed by atoms with E-state index >= 15 is 0 Å². The minimum Gasteiger partial charge on any atom is -0.444 e. The van der Waals surface area contributed by atoms with Crippen molar-refractivity contribution >= 4 is 17.5 Å². The predicted octanol–water partition coefficient (Wildman–Crippen LogP) is 2.59. The fraction of sp³-hybridized carbons (Fsp3) is 0.231. The minimum atomic E-state index is -0.550. The molecule has 0 bridgehead atoms. The molecule has 1 heterocycles. The van der Waals surface area contributed by atoms with Crippen LogP contribution in [0.15, 0.2) is 41.0 Å². The van der Waals surface area contributed by atoms with Crippen LogP contribution in [-0.4, -0.2) is 16.3 Å². The minimum absolute atomic E-state index is 0.221. The zero-order chi connectivity index (χ0) is 13.0. The van der Waals surface area contributed by atoms with Gasteiger partial charge in [-0.15, -0.1) is 11.6 Å². The van der Waals surface area contributed by atoms with E-state index in [1.165, 1.54) is 6.26 Å². The Bertz CT molecular complexity index is 523. The van der Waals surface area contributed by atoms with Crippen LogP contribution in [-0.2, 0) is 11.3 Å². The molecular weight excluding hydrogens is 252 g/mol. The molecule has 1 N–H and O–H groups in total. The van der Waals surface area contributed by atoms with E-state index in [0.29, 0.717) is 18.1 Å². The molecule has 1 aromatic carbocycles. The van der Waals surface area contributed by atoms with Crippen LogP contribution in [0.5, 0.6) is 0 Å². The van der Waals surface area contributed by atoms with Gasteiger partial charge < -0.3 is 9.73 Å². The first kappa shape index (κ1) is 12.6. The number of hydrogen-bond acceptors (Lipinski definition) is 3.